The number of fused-ring (bicyclic) bond motifs is 1. The molecule has 2 aromatic rings. The molecule has 3 heteroatoms. The summed E-state index contributed by atoms with van der Waals surface area (Å²) >= 11 is 0. The molecule has 1 saturated heterocycles. The van der Waals surface area contributed by atoms with E-state index >= 15 is 0 Å². The van der Waals surface area contributed by atoms with Gasteiger partial charge in [0, 0.05) is 25.2 Å². The van der Waals surface area contributed by atoms with E-state index in [1.165, 1.54) is 11.1 Å². The molecule has 0 N–H and O–H groups in total. The third-order valence-corrected chi connectivity index (χ3v) is 5.71. The van der Waals surface area contributed by atoms with Crippen LogP contribution in [0.1, 0.15) is 37.3 Å². The van der Waals surface area contributed by atoms with Gasteiger partial charge in [-0.15, -0.1) is 0 Å². The summed E-state index contributed by atoms with van der Waals surface area (Å²) in [4.78, 5) is 2.49. The first-order valence-corrected chi connectivity index (χ1v) is 10.1. The van der Waals surface area contributed by atoms with Gasteiger partial charge in [-0.2, -0.15) is 0 Å². The van der Waals surface area contributed by atoms with Crippen LogP contribution in [0.4, 0.5) is 0 Å². The van der Waals surface area contributed by atoms with Crippen molar-refractivity contribution in [1.82, 2.24) is 4.90 Å². The van der Waals surface area contributed by atoms with E-state index in [9.17, 15) is 0 Å². The molecule has 0 radical (unpaired) electrons. The lowest BCUT2D eigenvalue weighted by molar-refractivity contribution is 0.0135. The zero-order valence-electron chi connectivity index (χ0n) is 16.2. The predicted molar refractivity (Wildman–Crippen MR) is 110 cm³/mol. The van der Waals surface area contributed by atoms with Gasteiger partial charge in [-0.3, -0.25) is 4.90 Å². The van der Waals surface area contributed by atoms with E-state index in [2.05, 4.69) is 42.2 Å². The van der Waals surface area contributed by atoms with Crippen molar-refractivity contribution in [2.45, 2.75) is 38.2 Å². The predicted octanol–water partition coefficient (Wildman–Crippen LogP) is 4.96. The molecule has 0 saturated carbocycles. The second-order valence-electron chi connectivity index (χ2n) is 7.83. The van der Waals surface area contributed by atoms with Gasteiger partial charge in [0.2, 0.25) is 0 Å². The SMILES string of the molecule is CC1(Oc2ccccc2)CCN(CCOc2cccc3c2C=CCC3)CC1. The lowest BCUT2D eigenvalue weighted by atomic mass is 9.93. The number of hydrogen-bond donors (Lipinski definition) is 0. The van der Waals surface area contributed by atoms with E-state index in [4.69, 9.17) is 9.47 Å². The average Bonchev–Trinajstić information content (AvgIpc) is 2.70. The van der Waals surface area contributed by atoms with Crippen LogP contribution in [0, 0.1) is 0 Å². The summed E-state index contributed by atoms with van der Waals surface area (Å²) in [6.07, 6.45) is 8.80. The lowest BCUT2D eigenvalue weighted by Crippen LogP contribution is -2.47. The molecule has 1 aliphatic carbocycles. The number of allylic oxidation sites excluding steroid dienone is 1. The number of hydrogen-bond acceptors (Lipinski definition) is 3. The molecule has 0 bridgehead atoms. The Labute approximate surface area is 162 Å². The fourth-order valence-corrected chi connectivity index (χ4v) is 3.97. The van der Waals surface area contributed by atoms with Crippen molar-refractivity contribution in [3.8, 4) is 11.5 Å². The van der Waals surface area contributed by atoms with Crippen LogP contribution in [-0.4, -0.2) is 36.7 Å². The van der Waals surface area contributed by atoms with Crippen molar-refractivity contribution >= 4 is 6.08 Å². The Morgan fingerprint density at radius 2 is 1.81 bits per heavy atom. The minimum Gasteiger partial charge on any atom is -0.492 e. The zero-order chi connectivity index (χ0) is 18.5. The average molecular weight is 364 g/mol. The van der Waals surface area contributed by atoms with Gasteiger partial charge in [-0.25, -0.2) is 0 Å². The number of para-hydroxylation sites is 1. The number of aryl methyl sites for hydroxylation is 1. The van der Waals surface area contributed by atoms with E-state index in [0.717, 1.165) is 63.4 Å². The largest absolute Gasteiger partial charge is 0.492 e. The van der Waals surface area contributed by atoms with Gasteiger partial charge in [0.15, 0.2) is 0 Å². The van der Waals surface area contributed by atoms with Crippen molar-refractivity contribution in [1.29, 1.82) is 0 Å². The van der Waals surface area contributed by atoms with Crippen LogP contribution >= 0.6 is 0 Å². The third kappa shape index (κ3) is 4.54. The maximum atomic E-state index is 6.26. The van der Waals surface area contributed by atoms with Crippen LogP contribution in [-0.2, 0) is 6.42 Å². The van der Waals surface area contributed by atoms with Crippen molar-refractivity contribution in [3.63, 3.8) is 0 Å². The molecule has 2 aliphatic rings. The molecule has 1 fully saturated rings. The minimum absolute atomic E-state index is 0.0675. The van der Waals surface area contributed by atoms with Crippen LogP contribution in [0.15, 0.2) is 54.6 Å². The number of nitrogens with zero attached hydrogens (tertiary/aromatic N) is 1. The molecule has 4 rings (SSSR count). The highest BCUT2D eigenvalue weighted by Crippen LogP contribution is 2.30. The molecule has 1 aliphatic heterocycles. The summed E-state index contributed by atoms with van der Waals surface area (Å²) in [5.41, 5.74) is 2.61. The van der Waals surface area contributed by atoms with Crippen molar-refractivity contribution in [3.05, 3.63) is 65.7 Å². The Bertz CT molecular complexity index is 776. The standard InChI is InChI=1S/C24H29NO2/c1-24(27-21-10-3-2-4-11-21)14-16-25(17-15-24)18-19-26-23-13-7-9-20-8-5-6-12-22(20)23/h2-4,6-7,9-13H,5,8,14-19H2,1H3. The van der Waals surface area contributed by atoms with Crippen LogP contribution in [0.25, 0.3) is 6.08 Å². The first kappa shape index (κ1) is 18.1. The molecule has 0 spiro atoms. The molecule has 0 amide bonds. The normalized spacial score (nSPS) is 18.7. The van der Waals surface area contributed by atoms with Gasteiger partial charge in [0.25, 0.3) is 0 Å². The zero-order valence-corrected chi connectivity index (χ0v) is 16.2. The van der Waals surface area contributed by atoms with Crippen LogP contribution in [0.3, 0.4) is 0 Å². The van der Waals surface area contributed by atoms with E-state index in [0.29, 0.717) is 0 Å². The van der Waals surface area contributed by atoms with E-state index in [1.54, 1.807) is 0 Å². The number of benzene rings is 2. The molecule has 142 valence electrons. The van der Waals surface area contributed by atoms with Gasteiger partial charge in [-0.05, 0) is 56.4 Å². The summed E-state index contributed by atoms with van der Waals surface area (Å²) in [5, 5.41) is 0. The van der Waals surface area contributed by atoms with Gasteiger partial charge in [0.1, 0.15) is 23.7 Å². The Balaban J connectivity index is 1.25. The Kier molecular flexibility index (Phi) is 5.49. The molecule has 0 unspecified atom stereocenters. The lowest BCUT2D eigenvalue weighted by Gasteiger charge is -2.39. The Morgan fingerprint density at radius 3 is 2.63 bits per heavy atom. The van der Waals surface area contributed by atoms with Crippen molar-refractivity contribution in [2.75, 3.05) is 26.2 Å². The summed E-state index contributed by atoms with van der Waals surface area (Å²) in [6, 6.07) is 16.6. The van der Waals surface area contributed by atoms with Gasteiger partial charge >= 0.3 is 0 Å². The van der Waals surface area contributed by atoms with Gasteiger partial charge in [0.05, 0.1) is 0 Å². The number of rotatable bonds is 6. The summed E-state index contributed by atoms with van der Waals surface area (Å²) in [7, 11) is 0. The quantitative estimate of drug-likeness (QED) is 0.724. The topological polar surface area (TPSA) is 21.7 Å². The summed E-state index contributed by atoms with van der Waals surface area (Å²) in [5.74, 6) is 2.00. The molecule has 0 aromatic heterocycles. The fraction of sp³-hybridized carbons (Fsp3) is 0.417. The molecular weight excluding hydrogens is 334 g/mol. The van der Waals surface area contributed by atoms with Crippen LogP contribution in [0.2, 0.25) is 0 Å². The highest BCUT2D eigenvalue weighted by atomic mass is 16.5. The molecule has 3 nitrogen and oxygen atoms in total. The van der Waals surface area contributed by atoms with Crippen LogP contribution < -0.4 is 9.47 Å². The first-order valence-electron chi connectivity index (χ1n) is 10.1. The van der Waals surface area contributed by atoms with E-state index < -0.39 is 0 Å². The fourth-order valence-electron chi connectivity index (χ4n) is 3.97. The number of ether oxygens (including phenoxy) is 2. The maximum absolute atomic E-state index is 6.26. The molecule has 0 atom stereocenters. The highest BCUT2D eigenvalue weighted by molar-refractivity contribution is 5.63. The van der Waals surface area contributed by atoms with E-state index in [-0.39, 0.29) is 5.60 Å². The Hall–Kier alpha value is -2.26. The monoisotopic (exact) mass is 363 g/mol. The van der Waals surface area contributed by atoms with Crippen molar-refractivity contribution in [2.24, 2.45) is 0 Å². The number of likely N-dealkylation sites (tertiary alicyclic amines) is 1. The van der Waals surface area contributed by atoms with Crippen molar-refractivity contribution < 1.29 is 9.47 Å². The van der Waals surface area contributed by atoms with Gasteiger partial charge in [-0.1, -0.05) is 42.5 Å². The summed E-state index contributed by atoms with van der Waals surface area (Å²) < 4.78 is 12.4. The minimum atomic E-state index is -0.0675. The van der Waals surface area contributed by atoms with Crippen LogP contribution in [0.5, 0.6) is 11.5 Å². The maximum Gasteiger partial charge on any atom is 0.126 e. The smallest absolute Gasteiger partial charge is 0.126 e. The second kappa shape index (κ2) is 8.18. The third-order valence-electron chi connectivity index (χ3n) is 5.71. The first-order chi connectivity index (χ1) is 13.2. The Morgan fingerprint density at radius 1 is 1.00 bits per heavy atom. The number of piperidine rings is 1. The molecule has 27 heavy (non-hydrogen) atoms. The molecule has 1 heterocycles. The molecule has 2 aromatic carbocycles. The summed E-state index contributed by atoms with van der Waals surface area (Å²) in [6.45, 7) is 6.05. The highest BCUT2D eigenvalue weighted by Gasteiger charge is 2.31. The second-order valence-corrected chi connectivity index (χ2v) is 7.83. The van der Waals surface area contributed by atoms with E-state index in [1.807, 2.05) is 30.3 Å². The van der Waals surface area contributed by atoms with Gasteiger partial charge < -0.3 is 9.47 Å². The molecular formula is C24H29NO2.